The van der Waals surface area contributed by atoms with Gasteiger partial charge in [0.2, 0.25) is 0 Å². The van der Waals surface area contributed by atoms with Gasteiger partial charge in [0.1, 0.15) is 17.2 Å². The Morgan fingerprint density at radius 3 is 2.94 bits per heavy atom. The summed E-state index contributed by atoms with van der Waals surface area (Å²) in [6, 6.07) is 7.16. The van der Waals surface area contributed by atoms with Crippen LogP contribution >= 0.6 is 0 Å². The Balaban J connectivity index is 1.76. The molecule has 1 aromatic carbocycles. The maximum atomic E-state index is 13.0. The first-order valence-corrected chi connectivity index (χ1v) is 5.72. The molecule has 1 aromatic heterocycles. The van der Waals surface area contributed by atoms with Crippen molar-refractivity contribution in [3.05, 3.63) is 35.8 Å². The van der Waals surface area contributed by atoms with Gasteiger partial charge in [0.15, 0.2) is 0 Å². The summed E-state index contributed by atoms with van der Waals surface area (Å²) in [6.45, 7) is 0.737. The molecular formula is C13H14FNO. The molecule has 1 aliphatic carbocycles. The van der Waals surface area contributed by atoms with Gasteiger partial charge >= 0.3 is 0 Å². The Hall–Kier alpha value is -1.35. The van der Waals surface area contributed by atoms with E-state index >= 15 is 0 Å². The van der Waals surface area contributed by atoms with Crippen LogP contribution in [0.3, 0.4) is 0 Å². The molecule has 0 atom stereocenters. The van der Waals surface area contributed by atoms with Crippen LogP contribution in [-0.2, 0) is 6.54 Å². The zero-order chi connectivity index (χ0) is 11.0. The molecule has 1 aliphatic rings. The van der Waals surface area contributed by atoms with E-state index in [9.17, 15) is 4.39 Å². The zero-order valence-corrected chi connectivity index (χ0v) is 9.00. The smallest absolute Gasteiger partial charge is 0.134 e. The SMILES string of the molecule is Fc1ccc2oc(CNC3CCC3)cc2c1. The first-order chi connectivity index (χ1) is 7.81. The summed E-state index contributed by atoms with van der Waals surface area (Å²) in [5, 5.41) is 4.26. The molecule has 3 rings (SSSR count). The number of rotatable bonds is 3. The molecule has 0 radical (unpaired) electrons. The minimum Gasteiger partial charge on any atom is -0.460 e. The van der Waals surface area contributed by atoms with Crippen LogP contribution in [0.15, 0.2) is 28.7 Å². The zero-order valence-electron chi connectivity index (χ0n) is 9.00. The standard InChI is InChI=1S/C13H14FNO/c14-10-4-5-13-9(6-10)7-12(16-13)8-15-11-2-1-3-11/h4-7,11,15H,1-3,8H2. The van der Waals surface area contributed by atoms with E-state index in [-0.39, 0.29) is 5.82 Å². The molecule has 0 unspecified atom stereocenters. The Morgan fingerprint density at radius 1 is 1.31 bits per heavy atom. The third-order valence-electron chi connectivity index (χ3n) is 3.20. The number of hydrogen-bond donors (Lipinski definition) is 1. The highest BCUT2D eigenvalue weighted by atomic mass is 19.1. The Morgan fingerprint density at radius 2 is 2.19 bits per heavy atom. The van der Waals surface area contributed by atoms with Crippen molar-refractivity contribution in [1.82, 2.24) is 5.32 Å². The van der Waals surface area contributed by atoms with Gasteiger partial charge in [-0.25, -0.2) is 4.39 Å². The number of benzene rings is 1. The maximum Gasteiger partial charge on any atom is 0.134 e. The van der Waals surface area contributed by atoms with Crippen molar-refractivity contribution in [2.45, 2.75) is 31.8 Å². The minimum atomic E-state index is -0.216. The molecule has 1 saturated carbocycles. The van der Waals surface area contributed by atoms with Gasteiger partial charge in [-0.1, -0.05) is 6.42 Å². The summed E-state index contributed by atoms with van der Waals surface area (Å²) < 4.78 is 18.6. The second-order valence-corrected chi connectivity index (χ2v) is 4.40. The monoisotopic (exact) mass is 219 g/mol. The highest BCUT2D eigenvalue weighted by Crippen LogP contribution is 2.22. The third kappa shape index (κ3) is 1.83. The molecule has 2 nitrogen and oxygen atoms in total. The third-order valence-corrected chi connectivity index (χ3v) is 3.20. The van der Waals surface area contributed by atoms with Crippen LogP contribution in [0.2, 0.25) is 0 Å². The molecule has 0 aliphatic heterocycles. The summed E-state index contributed by atoms with van der Waals surface area (Å²) in [5.74, 6) is 0.666. The predicted octanol–water partition coefficient (Wildman–Crippen LogP) is 3.21. The highest BCUT2D eigenvalue weighted by Gasteiger charge is 2.16. The molecule has 0 saturated heterocycles. The largest absolute Gasteiger partial charge is 0.460 e. The molecule has 0 bridgehead atoms. The van der Waals surface area contributed by atoms with E-state index in [1.54, 1.807) is 6.07 Å². The van der Waals surface area contributed by atoms with E-state index in [1.807, 2.05) is 6.07 Å². The van der Waals surface area contributed by atoms with Gasteiger partial charge in [-0.15, -0.1) is 0 Å². The molecule has 1 fully saturated rings. The van der Waals surface area contributed by atoms with Gasteiger partial charge in [-0.2, -0.15) is 0 Å². The summed E-state index contributed by atoms with van der Waals surface area (Å²) in [5.41, 5.74) is 0.756. The Bertz CT molecular complexity index is 502. The lowest BCUT2D eigenvalue weighted by atomic mass is 9.93. The number of nitrogens with one attached hydrogen (secondary N) is 1. The molecule has 16 heavy (non-hydrogen) atoms. The van der Waals surface area contributed by atoms with Crippen molar-refractivity contribution in [3.63, 3.8) is 0 Å². The minimum absolute atomic E-state index is 0.216. The van der Waals surface area contributed by atoms with Crippen LogP contribution in [0.4, 0.5) is 4.39 Å². The summed E-state index contributed by atoms with van der Waals surface area (Å²) in [7, 11) is 0. The van der Waals surface area contributed by atoms with Crippen molar-refractivity contribution in [2.75, 3.05) is 0 Å². The van der Waals surface area contributed by atoms with Crippen LogP contribution in [0.5, 0.6) is 0 Å². The van der Waals surface area contributed by atoms with E-state index in [2.05, 4.69) is 5.32 Å². The second kappa shape index (κ2) is 3.91. The molecule has 1 heterocycles. The molecule has 0 amide bonds. The molecular weight excluding hydrogens is 205 g/mol. The fraction of sp³-hybridized carbons (Fsp3) is 0.385. The van der Waals surface area contributed by atoms with Gasteiger partial charge < -0.3 is 9.73 Å². The topological polar surface area (TPSA) is 25.2 Å². The van der Waals surface area contributed by atoms with Crippen LogP contribution in [0.25, 0.3) is 11.0 Å². The lowest BCUT2D eigenvalue weighted by Crippen LogP contribution is -2.34. The molecule has 3 heteroatoms. The van der Waals surface area contributed by atoms with Crippen LogP contribution < -0.4 is 5.32 Å². The van der Waals surface area contributed by atoms with Gasteiger partial charge in [-0.3, -0.25) is 0 Å². The van der Waals surface area contributed by atoms with Crippen LogP contribution in [-0.4, -0.2) is 6.04 Å². The predicted molar refractivity (Wildman–Crippen MR) is 60.7 cm³/mol. The first kappa shape index (κ1) is 9.85. The molecule has 1 N–H and O–H groups in total. The summed E-state index contributed by atoms with van der Waals surface area (Å²) >= 11 is 0. The first-order valence-electron chi connectivity index (χ1n) is 5.72. The van der Waals surface area contributed by atoms with Crippen molar-refractivity contribution in [2.24, 2.45) is 0 Å². The number of halogens is 1. The van der Waals surface area contributed by atoms with Crippen molar-refractivity contribution >= 4 is 11.0 Å². The van der Waals surface area contributed by atoms with Gasteiger partial charge in [0, 0.05) is 11.4 Å². The van der Waals surface area contributed by atoms with E-state index < -0.39 is 0 Å². The molecule has 84 valence electrons. The van der Waals surface area contributed by atoms with E-state index in [0.29, 0.717) is 6.04 Å². The summed E-state index contributed by atoms with van der Waals surface area (Å²) in [6.07, 6.45) is 3.84. The summed E-state index contributed by atoms with van der Waals surface area (Å²) in [4.78, 5) is 0. The highest BCUT2D eigenvalue weighted by molar-refractivity contribution is 5.77. The Kier molecular flexibility index (Phi) is 2.40. The van der Waals surface area contributed by atoms with Crippen molar-refractivity contribution in [3.8, 4) is 0 Å². The quantitative estimate of drug-likeness (QED) is 0.857. The fourth-order valence-corrected chi connectivity index (χ4v) is 2.01. The lowest BCUT2D eigenvalue weighted by Gasteiger charge is -2.25. The molecule has 2 aromatic rings. The number of furan rings is 1. The molecule has 0 spiro atoms. The number of fused-ring (bicyclic) bond motifs is 1. The number of hydrogen-bond acceptors (Lipinski definition) is 2. The fourth-order valence-electron chi connectivity index (χ4n) is 2.01. The van der Waals surface area contributed by atoms with E-state index in [1.165, 1.54) is 31.4 Å². The van der Waals surface area contributed by atoms with E-state index in [0.717, 1.165) is 23.3 Å². The average molecular weight is 219 g/mol. The normalized spacial score (nSPS) is 16.6. The second-order valence-electron chi connectivity index (χ2n) is 4.40. The van der Waals surface area contributed by atoms with Gasteiger partial charge in [0.05, 0.1) is 6.54 Å². The van der Waals surface area contributed by atoms with Crippen molar-refractivity contribution in [1.29, 1.82) is 0 Å². The Labute approximate surface area is 93.4 Å². The van der Waals surface area contributed by atoms with Gasteiger partial charge in [-0.05, 0) is 37.1 Å². The van der Waals surface area contributed by atoms with E-state index in [4.69, 9.17) is 4.42 Å². The lowest BCUT2D eigenvalue weighted by molar-refractivity contribution is 0.327. The van der Waals surface area contributed by atoms with Gasteiger partial charge in [0.25, 0.3) is 0 Å². The maximum absolute atomic E-state index is 13.0. The van der Waals surface area contributed by atoms with Crippen LogP contribution in [0, 0.1) is 5.82 Å². The van der Waals surface area contributed by atoms with Crippen LogP contribution in [0.1, 0.15) is 25.0 Å². The average Bonchev–Trinajstić information content (AvgIpc) is 2.57. The van der Waals surface area contributed by atoms with Crippen molar-refractivity contribution < 1.29 is 8.81 Å².